The molecule has 0 N–H and O–H groups in total. The van der Waals surface area contributed by atoms with Crippen molar-refractivity contribution in [2.75, 3.05) is 9.80 Å². The van der Waals surface area contributed by atoms with Crippen molar-refractivity contribution >= 4 is 66.0 Å². The third-order valence-corrected chi connectivity index (χ3v) is 17.7. The van der Waals surface area contributed by atoms with Gasteiger partial charge >= 0.3 is 0 Å². The smallest absolute Gasteiger partial charge is 0.0632 e. The van der Waals surface area contributed by atoms with Crippen LogP contribution in [0.5, 0.6) is 0 Å². The molecule has 7 aromatic carbocycles. The van der Waals surface area contributed by atoms with Crippen LogP contribution in [0.3, 0.4) is 0 Å². The highest BCUT2D eigenvalue weighted by atomic mass is 79.9. The van der Waals surface area contributed by atoms with Crippen LogP contribution in [-0.4, -0.2) is 0 Å². The summed E-state index contributed by atoms with van der Waals surface area (Å²) >= 11 is 7.30. The second kappa shape index (κ2) is 15.3. The zero-order chi connectivity index (χ0) is 51.0. The number of hydrogen-bond acceptors (Lipinski definition) is 2. The first-order valence-electron chi connectivity index (χ1n) is 25.3. The predicted octanol–water partition coefficient (Wildman–Crippen LogP) is 18.7. The maximum Gasteiger partial charge on any atom is 0.0632 e. The first kappa shape index (κ1) is 37.3. The molecular weight excluding hydrogens is 908 g/mol. The Labute approximate surface area is 408 Å². The Kier molecular flexibility index (Phi) is 8.95. The van der Waals surface area contributed by atoms with Gasteiger partial charge in [-0.25, -0.2) is 0 Å². The quantitative estimate of drug-likeness (QED) is 0.150. The van der Waals surface area contributed by atoms with Crippen LogP contribution in [0.15, 0.2) is 167 Å². The molecule has 0 amide bonds. The van der Waals surface area contributed by atoms with E-state index in [1.165, 1.54) is 0 Å². The van der Waals surface area contributed by atoms with Crippen LogP contribution in [0.25, 0.3) is 22.3 Å². The van der Waals surface area contributed by atoms with E-state index in [0.717, 1.165) is 65.3 Å². The van der Waals surface area contributed by atoms with E-state index in [9.17, 15) is 8.22 Å². The second-order valence-corrected chi connectivity index (χ2v) is 22.8. The largest absolute Gasteiger partial charge is 0.310 e. The molecule has 2 nitrogen and oxygen atoms in total. The van der Waals surface area contributed by atoms with Gasteiger partial charge in [-0.05, 0) is 168 Å². The van der Waals surface area contributed by atoms with E-state index in [1.54, 1.807) is 0 Å². The third kappa shape index (κ3) is 6.76. The van der Waals surface area contributed by atoms with Crippen LogP contribution in [0.2, 0.25) is 0 Å². The van der Waals surface area contributed by atoms with Crippen LogP contribution in [0.1, 0.15) is 114 Å². The summed E-state index contributed by atoms with van der Waals surface area (Å²) in [6.07, 6.45) is 0. The highest BCUT2D eigenvalue weighted by Crippen LogP contribution is 2.63. The summed E-state index contributed by atoms with van der Waals surface area (Å²) in [7, 11) is 0. The summed E-state index contributed by atoms with van der Waals surface area (Å²) in [6.45, 7) is 26.2. The number of fused-ring (bicyclic) bond motifs is 2. The molecule has 0 atom stereocenters. The fraction of sp³-hybridized carbons (Fsp3) is 0.300. The molecule has 4 heteroatoms. The monoisotopic (exact) mass is 974 g/mol. The van der Waals surface area contributed by atoms with E-state index in [4.69, 9.17) is 0 Å². The summed E-state index contributed by atoms with van der Waals surface area (Å²) < 4.78 is 59.4. The maximum atomic E-state index is 9.82. The van der Waals surface area contributed by atoms with Gasteiger partial charge in [0.1, 0.15) is 0 Å². The lowest BCUT2D eigenvalue weighted by Crippen LogP contribution is -2.42. The average molecular weight is 977 g/mol. The van der Waals surface area contributed by atoms with Gasteiger partial charge in [-0.2, -0.15) is 0 Å². The van der Waals surface area contributed by atoms with Gasteiger partial charge in [0, 0.05) is 43.1 Å². The normalized spacial score (nSPS) is 19.3. The lowest BCUT2D eigenvalue weighted by molar-refractivity contribution is 0.125. The van der Waals surface area contributed by atoms with Crippen LogP contribution in [0, 0.1) is 10.8 Å². The molecule has 64 heavy (non-hydrogen) atoms. The Hall–Kier alpha value is -4.90. The zero-order valence-electron chi connectivity index (χ0n) is 45.2. The first-order valence-corrected chi connectivity index (χ1v) is 23.9. The van der Waals surface area contributed by atoms with Crippen molar-refractivity contribution in [1.82, 2.24) is 0 Å². The van der Waals surface area contributed by atoms with Gasteiger partial charge in [0.2, 0.25) is 0 Å². The van der Waals surface area contributed by atoms with Gasteiger partial charge in [0.15, 0.2) is 0 Å². The molecule has 2 aliphatic carbocycles. The highest BCUT2D eigenvalue weighted by Gasteiger charge is 2.57. The van der Waals surface area contributed by atoms with Crippen molar-refractivity contribution in [3.8, 4) is 22.3 Å². The number of halogens is 2. The van der Waals surface area contributed by atoms with Crippen LogP contribution < -0.4 is 9.80 Å². The molecule has 0 unspecified atom stereocenters. The summed E-state index contributed by atoms with van der Waals surface area (Å²) in [5.41, 5.74) is 8.56. The van der Waals surface area contributed by atoms with E-state index in [0.29, 0.717) is 34.3 Å². The molecule has 0 aliphatic heterocycles. The molecule has 0 bridgehead atoms. The molecule has 0 saturated heterocycles. The fourth-order valence-corrected chi connectivity index (χ4v) is 10.8. The second-order valence-electron chi connectivity index (χ2n) is 21.0. The van der Waals surface area contributed by atoms with Gasteiger partial charge in [0.05, 0.1) is 8.22 Å². The van der Waals surface area contributed by atoms with Gasteiger partial charge in [-0.15, -0.1) is 0 Å². The molecule has 0 aromatic heterocycles. The number of anilines is 6. The van der Waals surface area contributed by atoms with Gasteiger partial charge in [0.25, 0.3) is 0 Å². The van der Waals surface area contributed by atoms with Crippen molar-refractivity contribution in [3.63, 3.8) is 0 Å². The average Bonchev–Trinajstić information content (AvgIpc) is 3.49. The molecular formula is C60H62Br2N2. The maximum absolute atomic E-state index is 9.82. The third-order valence-electron chi connectivity index (χ3n) is 16.7. The number of benzene rings is 7. The van der Waals surface area contributed by atoms with Crippen molar-refractivity contribution in [2.24, 2.45) is 10.8 Å². The van der Waals surface area contributed by atoms with Crippen LogP contribution in [-0.2, 0) is 21.7 Å². The molecule has 0 fully saturated rings. The molecule has 0 radical (unpaired) electrons. The Bertz CT molecular complexity index is 3050. The highest BCUT2D eigenvalue weighted by molar-refractivity contribution is 9.10. The van der Waals surface area contributed by atoms with Crippen molar-refractivity contribution in [2.45, 2.75) is 105 Å². The predicted molar refractivity (Wildman–Crippen MR) is 282 cm³/mol. The molecule has 7 aromatic rings. The van der Waals surface area contributed by atoms with E-state index in [1.807, 2.05) is 78.9 Å². The van der Waals surface area contributed by atoms with E-state index in [-0.39, 0.29) is 35.0 Å². The zero-order valence-corrected chi connectivity index (χ0v) is 42.4. The van der Waals surface area contributed by atoms with E-state index >= 15 is 0 Å². The summed E-state index contributed by atoms with van der Waals surface area (Å²) in [5, 5.41) is 0. The Morgan fingerprint density at radius 1 is 0.344 bits per heavy atom. The minimum absolute atomic E-state index is 0.0670. The molecule has 2 aliphatic rings. The standard InChI is InChI=1S/C60H62Br2N2/c1-55(2)51-32-22-41(36-53(51)57(5,6)59(55,9)10)39-16-13-18-47(34-39)63(45-28-24-43(61)25-29-45)49-20-15-21-50(38-49)64(46-30-26-44(62)27-31-46)48-19-14-17-40(35-48)42-23-33-52-54(37-42)58(7,8)60(11,12)56(52,3)4/h13-38H,1-12H3/i22D,23D,32D,33D,36D,37D. The van der Waals surface area contributed by atoms with Crippen LogP contribution in [0.4, 0.5) is 34.1 Å². The summed E-state index contributed by atoms with van der Waals surface area (Å²) in [4.78, 5) is 4.36. The first-order chi connectivity index (χ1) is 32.6. The van der Waals surface area contributed by atoms with E-state index in [2.05, 4.69) is 167 Å². The van der Waals surface area contributed by atoms with Gasteiger partial charge < -0.3 is 9.80 Å². The van der Waals surface area contributed by atoms with Crippen LogP contribution >= 0.6 is 31.9 Å². The molecule has 0 spiro atoms. The molecule has 0 heterocycles. The van der Waals surface area contributed by atoms with Crippen molar-refractivity contribution in [3.05, 3.63) is 189 Å². The fourth-order valence-electron chi connectivity index (χ4n) is 10.2. The summed E-state index contributed by atoms with van der Waals surface area (Å²) in [6, 6.07) is 41.8. The molecule has 9 rings (SSSR count). The lowest BCUT2D eigenvalue weighted by Gasteiger charge is -2.44. The number of nitrogens with zero attached hydrogens (tertiary/aromatic N) is 2. The van der Waals surface area contributed by atoms with E-state index < -0.39 is 21.7 Å². The molecule has 0 saturated carbocycles. The number of hydrogen-bond donors (Lipinski definition) is 0. The summed E-state index contributed by atoms with van der Waals surface area (Å²) in [5.74, 6) is 0. The Morgan fingerprint density at radius 2 is 0.656 bits per heavy atom. The van der Waals surface area contributed by atoms with Crippen molar-refractivity contribution < 1.29 is 8.22 Å². The lowest BCUT2D eigenvalue weighted by atomic mass is 9.59. The minimum Gasteiger partial charge on any atom is -0.310 e. The van der Waals surface area contributed by atoms with Crippen molar-refractivity contribution in [1.29, 1.82) is 0 Å². The topological polar surface area (TPSA) is 6.48 Å². The SMILES string of the molecule is [2H]c1c([2H])c2c(c([2H])c1-c1cccc(N(c3ccc(Br)cc3)c3cccc(N(c4ccc(Br)cc4)c4cccc(-c5c([2H])c([2H])c6c(c5[2H])C(C)(C)C(C)(C)C6(C)C)c4)c3)c1)C(C)(C)C(C)(C)C2(C)C. The van der Waals surface area contributed by atoms with Gasteiger partial charge in [-0.1, -0.05) is 182 Å². The Balaban J connectivity index is 1.21. The Morgan fingerprint density at radius 3 is 1.02 bits per heavy atom. The minimum atomic E-state index is -0.424. The number of rotatable bonds is 8. The molecule has 326 valence electrons. The van der Waals surface area contributed by atoms with Gasteiger partial charge in [-0.3, -0.25) is 0 Å².